The second-order valence-electron chi connectivity index (χ2n) is 11.4. The Labute approximate surface area is 230 Å². The molecular formula is C31H37N5O3. The third kappa shape index (κ3) is 6.67. The Balaban J connectivity index is 1.25. The predicted octanol–water partition coefficient (Wildman–Crippen LogP) is 5.29. The Morgan fingerprint density at radius 2 is 1.97 bits per heavy atom. The number of piperidine rings is 1. The molecule has 0 radical (unpaired) electrons. The molecule has 2 aliphatic rings. The number of likely N-dealkylation sites (tertiary alicyclic amines) is 1. The van der Waals surface area contributed by atoms with Crippen molar-refractivity contribution in [3.8, 4) is 17.2 Å². The van der Waals surface area contributed by atoms with Gasteiger partial charge in [0.15, 0.2) is 0 Å². The van der Waals surface area contributed by atoms with E-state index in [4.69, 9.17) is 9.47 Å². The van der Waals surface area contributed by atoms with Gasteiger partial charge in [-0.2, -0.15) is 5.26 Å². The lowest BCUT2D eigenvalue weighted by molar-refractivity contribution is -0.0405. The van der Waals surface area contributed by atoms with Gasteiger partial charge in [-0.25, -0.2) is 4.79 Å². The van der Waals surface area contributed by atoms with Crippen LogP contribution in [0.3, 0.4) is 0 Å². The van der Waals surface area contributed by atoms with E-state index in [-0.39, 0.29) is 12.1 Å². The van der Waals surface area contributed by atoms with E-state index in [1.165, 1.54) is 0 Å². The molecule has 3 heterocycles. The van der Waals surface area contributed by atoms with E-state index in [0.717, 1.165) is 60.1 Å². The third-order valence-corrected chi connectivity index (χ3v) is 7.35. The summed E-state index contributed by atoms with van der Waals surface area (Å²) in [6.45, 7) is 10.0. The van der Waals surface area contributed by atoms with Crippen molar-refractivity contribution in [1.82, 2.24) is 14.8 Å². The summed E-state index contributed by atoms with van der Waals surface area (Å²) in [4.78, 5) is 21.4. The molecule has 2 aliphatic heterocycles. The lowest BCUT2D eigenvalue weighted by atomic mass is 9.98. The number of hydrogen-bond acceptors (Lipinski definition) is 7. The molecule has 0 saturated carbocycles. The lowest BCUT2D eigenvalue weighted by Gasteiger charge is -2.41. The topological polar surface area (TPSA) is 90.7 Å². The summed E-state index contributed by atoms with van der Waals surface area (Å²) in [5, 5.41) is 15.4. The standard InChI is InChI=1S/C31H37N5O3/c1-31(2,3)39-30(37)36-13-14-38-21-27(36)20-35-11-8-26(9-12-35)34-29-17-25(16-24-7-10-33-19-28(24)29)23-6-4-5-22(15-23)18-32/h4-7,10,15-17,19,26-27,34H,8-9,11-14,20-21H2,1-3H3. The maximum Gasteiger partial charge on any atom is 0.410 e. The Morgan fingerprint density at radius 1 is 1.15 bits per heavy atom. The molecule has 2 aromatic carbocycles. The molecule has 0 bridgehead atoms. The molecule has 39 heavy (non-hydrogen) atoms. The fourth-order valence-electron chi connectivity index (χ4n) is 5.40. The Morgan fingerprint density at radius 3 is 2.74 bits per heavy atom. The summed E-state index contributed by atoms with van der Waals surface area (Å²) in [6.07, 6.45) is 5.46. The Hall–Kier alpha value is -3.67. The number of hydrogen-bond donors (Lipinski definition) is 1. The molecule has 2 saturated heterocycles. The van der Waals surface area contributed by atoms with Crippen LogP contribution >= 0.6 is 0 Å². The number of fused-ring (bicyclic) bond motifs is 1. The molecule has 8 nitrogen and oxygen atoms in total. The van der Waals surface area contributed by atoms with Gasteiger partial charge in [0, 0.05) is 55.7 Å². The van der Waals surface area contributed by atoms with Crippen molar-refractivity contribution in [2.75, 3.05) is 44.7 Å². The van der Waals surface area contributed by atoms with Crippen LogP contribution in [-0.4, -0.2) is 78.0 Å². The summed E-state index contributed by atoms with van der Waals surface area (Å²) < 4.78 is 11.4. The number of amides is 1. The fourth-order valence-corrected chi connectivity index (χ4v) is 5.40. The van der Waals surface area contributed by atoms with Gasteiger partial charge in [-0.1, -0.05) is 12.1 Å². The number of anilines is 1. The summed E-state index contributed by atoms with van der Waals surface area (Å²) in [7, 11) is 0. The summed E-state index contributed by atoms with van der Waals surface area (Å²) >= 11 is 0. The molecule has 3 aromatic rings. The summed E-state index contributed by atoms with van der Waals surface area (Å²) in [6, 6.07) is 16.6. The van der Waals surface area contributed by atoms with Crippen molar-refractivity contribution in [3.63, 3.8) is 0 Å². The normalized spacial score (nSPS) is 19.0. The van der Waals surface area contributed by atoms with Gasteiger partial charge in [-0.15, -0.1) is 0 Å². The van der Waals surface area contributed by atoms with Crippen molar-refractivity contribution in [2.45, 2.75) is 51.3 Å². The zero-order valence-electron chi connectivity index (χ0n) is 23.0. The van der Waals surface area contributed by atoms with E-state index in [1.54, 1.807) is 0 Å². The number of nitrogens with zero attached hydrogens (tertiary/aromatic N) is 4. The van der Waals surface area contributed by atoms with Crippen molar-refractivity contribution in [2.24, 2.45) is 0 Å². The highest BCUT2D eigenvalue weighted by molar-refractivity contribution is 5.97. The van der Waals surface area contributed by atoms with Gasteiger partial charge in [0.2, 0.25) is 0 Å². The monoisotopic (exact) mass is 527 g/mol. The molecule has 204 valence electrons. The number of nitriles is 1. The molecular weight excluding hydrogens is 490 g/mol. The lowest BCUT2D eigenvalue weighted by Crippen LogP contribution is -2.55. The molecule has 1 aromatic heterocycles. The maximum absolute atomic E-state index is 12.8. The first kappa shape index (κ1) is 26.9. The molecule has 2 fully saturated rings. The average Bonchev–Trinajstić information content (AvgIpc) is 2.93. The number of rotatable bonds is 5. The van der Waals surface area contributed by atoms with E-state index in [0.29, 0.717) is 31.4 Å². The molecule has 1 N–H and O–H groups in total. The molecule has 1 unspecified atom stereocenters. The quantitative estimate of drug-likeness (QED) is 0.482. The van der Waals surface area contributed by atoms with E-state index in [9.17, 15) is 10.1 Å². The first-order valence-electron chi connectivity index (χ1n) is 13.7. The number of pyridine rings is 1. The predicted molar refractivity (Wildman–Crippen MR) is 153 cm³/mol. The molecule has 1 atom stereocenters. The van der Waals surface area contributed by atoms with E-state index >= 15 is 0 Å². The van der Waals surface area contributed by atoms with E-state index in [1.807, 2.05) is 68.4 Å². The minimum Gasteiger partial charge on any atom is -0.444 e. The van der Waals surface area contributed by atoms with Crippen LogP contribution in [0.2, 0.25) is 0 Å². The SMILES string of the molecule is CC(C)(C)OC(=O)N1CCOCC1CN1CCC(Nc2cc(-c3cccc(C#N)c3)cc3ccncc23)CC1. The average molecular weight is 528 g/mol. The van der Waals surface area contributed by atoms with E-state index < -0.39 is 5.60 Å². The second-order valence-corrected chi connectivity index (χ2v) is 11.4. The molecule has 0 aliphatic carbocycles. The van der Waals surface area contributed by atoms with Crippen molar-refractivity contribution < 1.29 is 14.3 Å². The summed E-state index contributed by atoms with van der Waals surface area (Å²) in [5.41, 5.74) is 3.30. The number of nitrogens with one attached hydrogen (secondary N) is 1. The maximum atomic E-state index is 12.8. The fraction of sp³-hybridized carbons (Fsp3) is 0.452. The van der Waals surface area contributed by atoms with Gasteiger partial charge in [-0.3, -0.25) is 9.88 Å². The number of carbonyl (C=O) groups is 1. The van der Waals surface area contributed by atoms with Crippen molar-refractivity contribution in [3.05, 3.63) is 60.4 Å². The zero-order chi connectivity index (χ0) is 27.4. The van der Waals surface area contributed by atoms with Gasteiger partial charge < -0.3 is 19.7 Å². The van der Waals surface area contributed by atoms with Crippen LogP contribution in [-0.2, 0) is 9.47 Å². The number of benzene rings is 2. The largest absolute Gasteiger partial charge is 0.444 e. The van der Waals surface area contributed by atoms with Crippen LogP contribution in [0.4, 0.5) is 10.5 Å². The van der Waals surface area contributed by atoms with E-state index in [2.05, 4.69) is 33.4 Å². The highest BCUT2D eigenvalue weighted by Gasteiger charge is 2.33. The second kappa shape index (κ2) is 11.6. The first-order valence-corrected chi connectivity index (χ1v) is 13.7. The van der Waals surface area contributed by atoms with Gasteiger partial charge in [0.1, 0.15) is 5.60 Å². The van der Waals surface area contributed by atoms with Gasteiger partial charge in [0.25, 0.3) is 0 Å². The molecule has 0 spiro atoms. The molecule has 5 rings (SSSR count). The minimum atomic E-state index is -0.514. The first-order chi connectivity index (χ1) is 18.8. The van der Waals surface area contributed by atoms with Crippen molar-refractivity contribution >= 4 is 22.6 Å². The van der Waals surface area contributed by atoms with Crippen LogP contribution in [0.25, 0.3) is 21.9 Å². The van der Waals surface area contributed by atoms with Crippen molar-refractivity contribution in [1.29, 1.82) is 5.26 Å². The minimum absolute atomic E-state index is 0.00557. The highest BCUT2D eigenvalue weighted by atomic mass is 16.6. The number of carbonyl (C=O) groups excluding carboxylic acids is 1. The number of morpholine rings is 1. The van der Waals surface area contributed by atoms with Gasteiger partial charge in [-0.05, 0) is 80.5 Å². The van der Waals surface area contributed by atoms with Gasteiger partial charge in [0.05, 0.1) is 30.9 Å². The van der Waals surface area contributed by atoms with Crippen LogP contribution in [0.1, 0.15) is 39.2 Å². The number of ether oxygens (including phenoxy) is 2. The summed E-state index contributed by atoms with van der Waals surface area (Å²) in [5.74, 6) is 0. The zero-order valence-corrected chi connectivity index (χ0v) is 23.0. The van der Waals surface area contributed by atoms with Gasteiger partial charge >= 0.3 is 6.09 Å². The highest BCUT2D eigenvalue weighted by Crippen LogP contribution is 2.32. The third-order valence-electron chi connectivity index (χ3n) is 7.35. The smallest absolute Gasteiger partial charge is 0.410 e. The van der Waals surface area contributed by atoms with Crippen LogP contribution < -0.4 is 5.32 Å². The Bertz CT molecular complexity index is 1350. The van der Waals surface area contributed by atoms with Crippen LogP contribution in [0.15, 0.2) is 54.9 Å². The van der Waals surface area contributed by atoms with Crippen LogP contribution in [0.5, 0.6) is 0 Å². The Kier molecular flexibility index (Phi) is 8.01. The van der Waals surface area contributed by atoms with Crippen LogP contribution in [0, 0.1) is 11.3 Å². The number of aromatic nitrogens is 1. The molecule has 8 heteroatoms. The molecule has 1 amide bonds.